The molecule has 0 unspecified atom stereocenters. The maximum Gasteiger partial charge on any atom is 0.410 e. The van der Waals surface area contributed by atoms with Gasteiger partial charge in [0.2, 0.25) is 0 Å². The number of fused-ring (bicyclic) bond motifs is 1. The Morgan fingerprint density at radius 1 is 1.04 bits per heavy atom. The zero-order valence-corrected chi connectivity index (χ0v) is 14.7. The molecule has 0 N–H and O–H groups in total. The van der Waals surface area contributed by atoms with Crippen molar-refractivity contribution in [1.82, 2.24) is 4.90 Å². The Kier molecular flexibility index (Phi) is 4.61. The van der Waals surface area contributed by atoms with Gasteiger partial charge in [-0.05, 0) is 55.9 Å². The second-order valence-electron chi connectivity index (χ2n) is 7.42. The zero-order valence-electron chi connectivity index (χ0n) is 14.7. The third-order valence-corrected chi connectivity index (χ3v) is 4.19. The molecule has 126 valence electrons. The van der Waals surface area contributed by atoms with Gasteiger partial charge in [-0.2, -0.15) is 0 Å². The van der Waals surface area contributed by atoms with Crippen molar-refractivity contribution in [3.8, 4) is 0 Å². The van der Waals surface area contributed by atoms with E-state index in [0.717, 1.165) is 19.4 Å². The molecule has 0 aromatic heterocycles. The minimum atomic E-state index is -0.448. The maximum absolute atomic E-state index is 12.2. The lowest BCUT2D eigenvalue weighted by Crippen LogP contribution is -2.39. The van der Waals surface area contributed by atoms with Crippen LogP contribution >= 0.6 is 0 Å². The van der Waals surface area contributed by atoms with Gasteiger partial charge in [0.25, 0.3) is 0 Å². The third kappa shape index (κ3) is 4.16. The largest absolute Gasteiger partial charge is 0.444 e. The average Bonchev–Trinajstić information content (AvgIpc) is 2.53. The summed E-state index contributed by atoms with van der Waals surface area (Å²) >= 11 is 0. The molecule has 1 amide bonds. The van der Waals surface area contributed by atoms with Crippen molar-refractivity contribution in [3.05, 3.63) is 70.8 Å². The van der Waals surface area contributed by atoms with Crippen molar-refractivity contribution in [2.75, 3.05) is 6.54 Å². The minimum Gasteiger partial charge on any atom is -0.444 e. The predicted octanol–water partition coefficient (Wildman–Crippen LogP) is 4.57. The number of benzene rings is 2. The first-order chi connectivity index (χ1) is 11.4. The van der Waals surface area contributed by atoms with Gasteiger partial charge < -0.3 is 9.64 Å². The Bertz CT molecular complexity index is 716. The molecule has 0 bridgehead atoms. The van der Waals surface area contributed by atoms with Crippen molar-refractivity contribution in [3.63, 3.8) is 0 Å². The van der Waals surface area contributed by atoms with E-state index in [-0.39, 0.29) is 6.09 Å². The van der Waals surface area contributed by atoms with Crippen LogP contribution in [0.4, 0.5) is 4.79 Å². The number of ether oxygens (including phenoxy) is 1. The fourth-order valence-electron chi connectivity index (χ4n) is 3.03. The van der Waals surface area contributed by atoms with E-state index in [1.165, 1.54) is 22.3 Å². The molecule has 0 saturated heterocycles. The molecule has 0 spiro atoms. The second-order valence-corrected chi connectivity index (χ2v) is 7.42. The smallest absolute Gasteiger partial charge is 0.410 e. The molecule has 3 heteroatoms. The van der Waals surface area contributed by atoms with Crippen LogP contribution in [0.15, 0.2) is 48.5 Å². The molecular formula is C21H25NO2. The highest BCUT2D eigenvalue weighted by Gasteiger charge is 2.25. The van der Waals surface area contributed by atoms with Gasteiger partial charge in [0.05, 0.1) is 0 Å². The third-order valence-electron chi connectivity index (χ3n) is 4.19. The van der Waals surface area contributed by atoms with Gasteiger partial charge in [0.15, 0.2) is 0 Å². The molecule has 3 rings (SSSR count). The summed E-state index contributed by atoms with van der Waals surface area (Å²) in [5, 5.41) is 0. The van der Waals surface area contributed by atoms with Crippen molar-refractivity contribution in [2.24, 2.45) is 0 Å². The number of carbonyl (C=O) groups excluding carboxylic acids is 1. The molecule has 1 heterocycles. The van der Waals surface area contributed by atoms with Gasteiger partial charge in [0, 0.05) is 13.1 Å². The summed E-state index contributed by atoms with van der Waals surface area (Å²) in [5.41, 5.74) is 4.78. The van der Waals surface area contributed by atoms with E-state index >= 15 is 0 Å². The topological polar surface area (TPSA) is 29.5 Å². The molecule has 0 atom stereocenters. The lowest BCUT2D eigenvalue weighted by Gasteiger charge is -2.31. The second kappa shape index (κ2) is 6.68. The Morgan fingerprint density at radius 3 is 2.50 bits per heavy atom. The summed E-state index contributed by atoms with van der Waals surface area (Å²) in [6, 6.07) is 17.1. The SMILES string of the molecule is CC(C)(C)OC(=O)N1CCc2cc(Cc3ccccc3)ccc2C1. The number of hydrogen-bond acceptors (Lipinski definition) is 2. The van der Waals surface area contributed by atoms with Crippen LogP contribution in [0.25, 0.3) is 0 Å². The van der Waals surface area contributed by atoms with E-state index in [2.05, 4.69) is 42.5 Å². The Balaban J connectivity index is 1.69. The zero-order chi connectivity index (χ0) is 17.2. The summed E-state index contributed by atoms with van der Waals surface area (Å²) < 4.78 is 5.48. The van der Waals surface area contributed by atoms with Crippen LogP contribution in [0.5, 0.6) is 0 Å². The molecule has 0 aliphatic carbocycles. The number of amides is 1. The molecule has 0 saturated carbocycles. The van der Waals surface area contributed by atoms with Crippen LogP contribution in [-0.4, -0.2) is 23.1 Å². The number of rotatable bonds is 2. The van der Waals surface area contributed by atoms with Crippen LogP contribution in [0.2, 0.25) is 0 Å². The van der Waals surface area contributed by atoms with E-state index in [0.29, 0.717) is 6.54 Å². The number of nitrogens with zero attached hydrogens (tertiary/aromatic N) is 1. The Morgan fingerprint density at radius 2 is 1.79 bits per heavy atom. The molecule has 0 fully saturated rings. The van der Waals surface area contributed by atoms with Crippen molar-refractivity contribution in [1.29, 1.82) is 0 Å². The van der Waals surface area contributed by atoms with E-state index in [4.69, 9.17) is 4.74 Å². The van der Waals surface area contributed by atoms with Gasteiger partial charge in [0.1, 0.15) is 5.60 Å². The summed E-state index contributed by atoms with van der Waals surface area (Å²) in [5.74, 6) is 0. The monoisotopic (exact) mass is 323 g/mol. The van der Waals surface area contributed by atoms with Crippen molar-refractivity contribution < 1.29 is 9.53 Å². The quantitative estimate of drug-likeness (QED) is 0.810. The van der Waals surface area contributed by atoms with Crippen LogP contribution in [0.3, 0.4) is 0 Å². The molecule has 24 heavy (non-hydrogen) atoms. The first-order valence-corrected chi connectivity index (χ1v) is 8.53. The Hall–Kier alpha value is -2.29. The van der Waals surface area contributed by atoms with Crippen LogP contribution in [-0.2, 0) is 24.1 Å². The highest BCUT2D eigenvalue weighted by Crippen LogP contribution is 2.23. The highest BCUT2D eigenvalue weighted by molar-refractivity contribution is 5.68. The minimum absolute atomic E-state index is 0.221. The van der Waals surface area contributed by atoms with Gasteiger partial charge in [-0.25, -0.2) is 4.79 Å². The van der Waals surface area contributed by atoms with E-state index in [1.807, 2.05) is 26.8 Å². The summed E-state index contributed by atoms with van der Waals surface area (Å²) in [6.45, 7) is 7.06. The van der Waals surface area contributed by atoms with Crippen molar-refractivity contribution >= 4 is 6.09 Å². The number of carbonyl (C=O) groups is 1. The molecule has 0 radical (unpaired) electrons. The molecular weight excluding hydrogens is 298 g/mol. The standard InChI is InChI=1S/C21H25NO2/c1-21(2,3)24-20(23)22-12-11-18-14-17(9-10-19(18)15-22)13-16-7-5-4-6-8-16/h4-10,14H,11-13,15H2,1-3H3. The van der Waals surface area contributed by atoms with Crippen molar-refractivity contribution in [2.45, 2.75) is 45.8 Å². The van der Waals surface area contributed by atoms with Crippen LogP contribution in [0, 0.1) is 0 Å². The molecule has 3 nitrogen and oxygen atoms in total. The summed E-state index contributed by atoms with van der Waals surface area (Å²) in [6.07, 6.45) is 1.61. The fourth-order valence-corrected chi connectivity index (χ4v) is 3.03. The first kappa shape index (κ1) is 16.6. The fraction of sp³-hybridized carbons (Fsp3) is 0.381. The first-order valence-electron chi connectivity index (χ1n) is 8.53. The summed E-state index contributed by atoms with van der Waals surface area (Å²) in [4.78, 5) is 14.0. The predicted molar refractivity (Wildman–Crippen MR) is 96.0 cm³/mol. The lowest BCUT2D eigenvalue weighted by molar-refractivity contribution is 0.0224. The normalized spacial score (nSPS) is 14.2. The van der Waals surface area contributed by atoms with Gasteiger partial charge >= 0.3 is 6.09 Å². The van der Waals surface area contributed by atoms with Gasteiger partial charge in [-0.1, -0.05) is 48.5 Å². The molecule has 2 aromatic rings. The average molecular weight is 323 g/mol. The molecule has 1 aliphatic rings. The van der Waals surface area contributed by atoms with Crippen LogP contribution in [0.1, 0.15) is 43.0 Å². The van der Waals surface area contributed by atoms with Gasteiger partial charge in [-0.3, -0.25) is 0 Å². The maximum atomic E-state index is 12.2. The van der Waals surface area contributed by atoms with Crippen LogP contribution < -0.4 is 0 Å². The van der Waals surface area contributed by atoms with E-state index in [1.54, 1.807) is 4.90 Å². The summed E-state index contributed by atoms with van der Waals surface area (Å²) in [7, 11) is 0. The van der Waals surface area contributed by atoms with E-state index < -0.39 is 5.60 Å². The number of hydrogen-bond donors (Lipinski definition) is 0. The molecule has 1 aliphatic heterocycles. The van der Waals surface area contributed by atoms with E-state index in [9.17, 15) is 4.79 Å². The highest BCUT2D eigenvalue weighted by atomic mass is 16.6. The van der Waals surface area contributed by atoms with Gasteiger partial charge in [-0.15, -0.1) is 0 Å². The molecule has 2 aromatic carbocycles. The Labute approximate surface area is 144 Å². The lowest BCUT2D eigenvalue weighted by atomic mass is 9.95.